The van der Waals surface area contributed by atoms with Crippen LogP contribution >= 0.6 is 0 Å². The van der Waals surface area contributed by atoms with Crippen molar-refractivity contribution in [3.05, 3.63) is 0 Å². The van der Waals surface area contributed by atoms with E-state index in [9.17, 15) is 4.79 Å². The van der Waals surface area contributed by atoms with Crippen molar-refractivity contribution in [2.24, 2.45) is 5.92 Å². The van der Waals surface area contributed by atoms with Gasteiger partial charge in [-0.15, -0.1) is 0 Å². The van der Waals surface area contributed by atoms with Gasteiger partial charge in [-0.05, 0) is 71.9 Å². The molecule has 4 fully saturated rings. The lowest BCUT2D eigenvalue weighted by Gasteiger charge is -2.46. The Morgan fingerprint density at radius 2 is 1.87 bits per heavy atom. The standard InChI is InChI=1S/C18H33N3O2/c1-18(2,3)23-17(22)21-9-5-4-6-15(21)12-19-16-13-20-10-7-14(16)8-11-20/h14-16,19H,4-13H2,1-3H3. The Morgan fingerprint density at radius 3 is 2.48 bits per heavy atom. The lowest BCUT2D eigenvalue weighted by Crippen LogP contribution is -2.59. The minimum Gasteiger partial charge on any atom is -0.444 e. The molecule has 1 N–H and O–H groups in total. The Hall–Kier alpha value is -0.810. The van der Waals surface area contributed by atoms with E-state index in [1.807, 2.05) is 25.7 Å². The highest BCUT2D eigenvalue weighted by atomic mass is 16.6. The first-order valence-corrected chi connectivity index (χ1v) is 9.38. The fourth-order valence-corrected chi connectivity index (χ4v) is 4.26. The van der Waals surface area contributed by atoms with Gasteiger partial charge in [0.25, 0.3) is 0 Å². The molecule has 0 aromatic carbocycles. The highest BCUT2D eigenvalue weighted by Crippen LogP contribution is 2.28. The molecule has 23 heavy (non-hydrogen) atoms. The number of hydrogen-bond acceptors (Lipinski definition) is 4. The summed E-state index contributed by atoms with van der Waals surface area (Å²) in [6.45, 7) is 11.3. The van der Waals surface area contributed by atoms with Crippen molar-refractivity contribution in [1.82, 2.24) is 15.1 Å². The average molecular weight is 323 g/mol. The van der Waals surface area contributed by atoms with Crippen LogP contribution < -0.4 is 5.32 Å². The predicted octanol–water partition coefficient (Wildman–Crippen LogP) is 2.46. The normalized spacial score (nSPS) is 34.5. The number of likely N-dealkylation sites (tertiary alicyclic amines) is 1. The average Bonchev–Trinajstić information content (AvgIpc) is 2.53. The van der Waals surface area contributed by atoms with Gasteiger partial charge in [0, 0.05) is 31.7 Å². The third-order valence-electron chi connectivity index (χ3n) is 5.53. The van der Waals surface area contributed by atoms with E-state index < -0.39 is 5.60 Å². The maximum absolute atomic E-state index is 12.5. The zero-order chi connectivity index (χ0) is 16.4. The number of piperidine rings is 4. The minimum atomic E-state index is -0.414. The van der Waals surface area contributed by atoms with Crippen LogP contribution in [0.4, 0.5) is 4.79 Å². The quantitative estimate of drug-likeness (QED) is 0.866. The van der Waals surface area contributed by atoms with Crippen LogP contribution in [0.25, 0.3) is 0 Å². The Balaban J connectivity index is 1.53. The third kappa shape index (κ3) is 4.38. The van der Waals surface area contributed by atoms with Gasteiger partial charge in [-0.2, -0.15) is 0 Å². The molecule has 4 heterocycles. The molecule has 2 atom stereocenters. The summed E-state index contributed by atoms with van der Waals surface area (Å²) in [5, 5.41) is 3.78. The zero-order valence-electron chi connectivity index (χ0n) is 15.0. The van der Waals surface area contributed by atoms with Crippen LogP contribution in [0.5, 0.6) is 0 Å². The number of ether oxygens (including phenoxy) is 1. The first-order valence-electron chi connectivity index (χ1n) is 9.38. The van der Waals surface area contributed by atoms with Gasteiger partial charge >= 0.3 is 6.09 Å². The van der Waals surface area contributed by atoms with Gasteiger partial charge in [0.2, 0.25) is 0 Å². The molecule has 132 valence electrons. The molecule has 0 radical (unpaired) electrons. The Kier molecular flexibility index (Phi) is 5.16. The van der Waals surface area contributed by atoms with E-state index in [-0.39, 0.29) is 12.1 Å². The van der Waals surface area contributed by atoms with Gasteiger partial charge in [0.05, 0.1) is 0 Å². The molecule has 0 aliphatic carbocycles. The van der Waals surface area contributed by atoms with E-state index in [0.29, 0.717) is 6.04 Å². The van der Waals surface area contributed by atoms with Crippen LogP contribution in [0.3, 0.4) is 0 Å². The molecule has 4 rings (SSSR count). The fourth-order valence-electron chi connectivity index (χ4n) is 4.26. The fraction of sp³-hybridized carbons (Fsp3) is 0.944. The molecule has 0 aromatic heterocycles. The monoisotopic (exact) mass is 323 g/mol. The van der Waals surface area contributed by atoms with Gasteiger partial charge in [-0.3, -0.25) is 0 Å². The number of carbonyl (C=O) groups is 1. The molecule has 4 aliphatic heterocycles. The molecule has 4 aliphatic rings. The van der Waals surface area contributed by atoms with Gasteiger partial charge in [0.1, 0.15) is 5.60 Å². The predicted molar refractivity (Wildman–Crippen MR) is 91.5 cm³/mol. The van der Waals surface area contributed by atoms with E-state index in [2.05, 4.69) is 10.2 Å². The van der Waals surface area contributed by atoms with Gasteiger partial charge < -0.3 is 19.9 Å². The van der Waals surface area contributed by atoms with Crippen molar-refractivity contribution < 1.29 is 9.53 Å². The lowest BCUT2D eigenvalue weighted by atomic mass is 9.84. The molecule has 2 bridgehead atoms. The summed E-state index contributed by atoms with van der Waals surface area (Å²) < 4.78 is 5.60. The summed E-state index contributed by atoms with van der Waals surface area (Å²) in [6, 6.07) is 0.897. The van der Waals surface area contributed by atoms with Gasteiger partial charge in [0.15, 0.2) is 0 Å². The molecular formula is C18H33N3O2. The van der Waals surface area contributed by atoms with Crippen LogP contribution in [-0.2, 0) is 4.74 Å². The summed E-state index contributed by atoms with van der Waals surface area (Å²) in [6.07, 6.45) is 5.92. The first-order chi connectivity index (χ1) is 10.9. The van der Waals surface area contributed by atoms with Crippen LogP contribution in [0.2, 0.25) is 0 Å². The second-order valence-corrected chi connectivity index (χ2v) is 8.48. The van der Waals surface area contributed by atoms with Crippen LogP contribution in [0, 0.1) is 5.92 Å². The summed E-state index contributed by atoms with van der Waals surface area (Å²) in [5.74, 6) is 0.832. The SMILES string of the molecule is CC(C)(C)OC(=O)N1CCCCC1CNC1CN2CCC1CC2. The first kappa shape index (κ1) is 17.0. The van der Waals surface area contributed by atoms with E-state index in [1.54, 1.807) is 0 Å². The minimum absolute atomic E-state index is 0.141. The molecule has 2 unspecified atom stereocenters. The summed E-state index contributed by atoms with van der Waals surface area (Å²) in [7, 11) is 0. The highest BCUT2D eigenvalue weighted by molar-refractivity contribution is 5.68. The zero-order valence-corrected chi connectivity index (χ0v) is 15.0. The van der Waals surface area contributed by atoms with Crippen molar-refractivity contribution in [1.29, 1.82) is 0 Å². The Bertz CT molecular complexity index is 413. The number of nitrogens with one attached hydrogen (secondary N) is 1. The van der Waals surface area contributed by atoms with E-state index in [1.165, 1.54) is 38.9 Å². The van der Waals surface area contributed by atoms with Gasteiger partial charge in [-0.25, -0.2) is 4.79 Å². The number of amides is 1. The molecule has 0 aromatic rings. The Labute approximate surface area is 140 Å². The second-order valence-electron chi connectivity index (χ2n) is 8.48. The Morgan fingerprint density at radius 1 is 1.13 bits per heavy atom. The number of fused-ring (bicyclic) bond motifs is 3. The largest absolute Gasteiger partial charge is 0.444 e. The molecule has 1 amide bonds. The summed E-state index contributed by atoms with van der Waals surface area (Å²) in [4.78, 5) is 17.0. The van der Waals surface area contributed by atoms with Crippen molar-refractivity contribution in [3.8, 4) is 0 Å². The van der Waals surface area contributed by atoms with Crippen LogP contribution in [0.1, 0.15) is 52.9 Å². The number of hydrogen-bond donors (Lipinski definition) is 1. The third-order valence-corrected chi connectivity index (χ3v) is 5.53. The van der Waals surface area contributed by atoms with E-state index >= 15 is 0 Å². The number of carbonyl (C=O) groups excluding carboxylic acids is 1. The topological polar surface area (TPSA) is 44.8 Å². The smallest absolute Gasteiger partial charge is 0.410 e. The molecule has 5 nitrogen and oxygen atoms in total. The summed E-state index contributed by atoms with van der Waals surface area (Å²) in [5.41, 5.74) is -0.414. The lowest BCUT2D eigenvalue weighted by molar-refractivity contribution is 0.00773. The molecule has 0 saturated carbocycles. The summed E-state index contributed by atoms with van der Waals surface area (Å²) >= 11 is 0. The molecule has 4 saturated heterocycles. The van der Waals surface area contributed by atoms with Gasteiger partial charge in [-0.1, -0.05) is 0 Å². The molecular weight excluding hydrogens is 290 g/mol. The van der Waals surface area contributed by atoms with E-state index in [0.717, 1.165) is 31.8 Å². The van der Waals surface area contributed by atoms with E-state index in [4.69, 9.17) is 4.74 Å². The molecule has 0 spiro atoms. The van der Waals surface area contributed by atoms with Crippen LogP contribution in [-0.4, -0.2) is 66.3 Å². The highest BCUT2D eigenvalue weighted by Gasteiger charge is 2.35. The molecule has 5 heteroatoms. The maximum Gasteiger partial charge on any atom is 0.410 e. The second kappa shape index (κ2) is 6.98. The van der Waals surface area contributed by atoms with Crippen molar-refractivity contribution in [2.45, 2.75) is 70.6 Å². The van der Waals surface area contributed by atoms with Crippen molar-refractivity contribution >= 4 is 6.09 Å². The number of rotatable bonds is 3. The van der Waals surface area contributed by atoms with Crippen molar-refractivity contribution in [2.75, 3.05) is 32.7 Å². The van der Waals surface area contributed by atoms with Crippen molar-refractivity contribution in [3.63, 3.8) is 0 Å². The number of nitrogens with zero attached hydrogens (tertiary/aromatic N) is 2. The maximum atomic E-state index is 12.5. The van der Waals surface area contributed by atoms with Crippen LogP contribution in [0.15, 0.2) is 0 Å².